The molecule has 1 aliphatic rings. The van der Waals surface area contributed by atoms with Gasteiger partial charge >= 0.3 is 6.03 Å². The standard InChI is InChI=1S/C12H25N3O/c1-2-13-8-7-9-14-12(16)15-10-5-3-4-6-11-15/h13H,2-11H2,1H3,(H,14,16). The molecular formula is C12H25N3O. The molecule has 1 rings (SSSR count). The molecule has 0 radical (unpaired) electrons. The van der Waals surface area contributed by atoms with Crippen LogP contribution >= 0.6 is 0 Å². The number of amides is 2. The van der Waals surface area contributed by atoms with Crippen molar-refractivity contribution in [3.8, 4) is 0 Å². The number of rotatable bonds is 5. The van der Waals surface area contributed by atoms with Crippen molar-refractivity contribution in [3.05, 3.63) is 0 Å². The van der Waals surface area contributed by atoms with Gasteiger partial charge in [0.05, 0.1) is 0 Å². The van der Waals surface area contributed by atoms with E-state index in [0.717, 1.165) is 52.0 Å². The van der Waals surface area contributed by atoms with Gasteiger partial charge in [-0.25, -0.2) is 4.79 Å². The molecule has 2 amide bonds. The smallest absolute Gasteiger partial charge is 0.317 e. The molecule has 0 bridgehead atoms. The van der Waals surface area contributed by atoms with Crippen LogP contribution in [0.1, 0.15) is 39.0 Å². The van der Waals surface area contributed by atoms with Crippen molar-refractivity contribution in [2.45, 2.75) is 39.0 Å². The summed E-state index contributed by atoms with van der Waals surface area (Å²) in [5, 5.41) is 6.23. The molecule has 4 nitrogen and oxygen atoms in total. The lowest BCUT2D eigenvalue weighted by atomic mass is 10.2. The summed E-state index contributed by atoms with van der Waals surface area (Å²) in [6.07, 6.45) is 5.86. The second-order valence-corrected chi connectivity index (χ2v) is 4.34. The van der Waals surface area contributed by atoms with Gasteiger partial charge in [0.1, 0.15) is 0 Å². The molecule has 0 aromatic rings. The van der Waals surface area contributed by atoms with E-state index < -0.39 is 0 Å². The highest BCUT2D eigenvalue weighted by Crippen LogP contribution is 2.09. The van der Waals surface area contributed by atoms with Crippen LogP contribution in [0.25, 0.3) is 0 Å². The van der Waals surface area contributed by atoms with Crippen LogP contribution in [0.3, 0.4) is 0 Å². The Morgan fingerprint density at radius 1 is 1.12 bits per heavy atom. The minimum absolute atomic E-state index is 0.124. The third kappa shape index (κ3) is 5.35. The van der Waals surface area contributed by atoms with Crippen molar-refractivity contribution in [1.29, 1.82) is 0 Å². The van der Waals surface area contributed by atoms with Gasteiger partial charge < -0.3 is 15.5 Å². The second kappa shape index (κ2) is 8.39. The number of nitrogens with zero attached hydrogens (tertiary/aromatic N) is 1. The van der Waals surface area contributed by atoms with Gasteiger partial charge in [-0.1, -0.05) is 19.8 Å². The van der Waals surface area contributed by atoms with Crippen molar-refractivity contribution < 1.29 is 4.79 Å². The predicted molar refractivity (Wildman–Crippen MR) is 66.6 cm³/mol. The Hall–Kier alpha value is -0.770. The minimum atomic E-state index is 0.124. The zero-order chi connectivity index (χ0) is 11.6. The normalized spacial score (nSPS) is 16.9. The van der Waals surface area contributed by atoms with Gasteiger partial charge in [0.25, 0.3) is 0 Å². The molecule has 1 heterocycles. The molecule has 1 aliphatic heterocycles. The van der Waals surface area contributed by atoms with E-state index in [1.54, 1.807) is 0 Å². The van der Waals surface area contributed by atoms with Crippen LogP contribution in [-0.4, -0.2) is 43.7 Å². The monoisotopic (exact) mass is 227 g/mol. The molecular weight excluding hydrogens is 202 g/mol. The first kappa shape index (κ1) is 13.3. The van der Waals surface area contributed by atoms with Gasteiger partial charge in [-0.2, -0.15) is 0 Å². The molecule has 2 N–H and O–H groups in total. The molecule has 4 heteroatoms. The summed E-state index contributed by atoms with van der Waals surface area (Å²) in [6, 6.07) is 0.124. The Morgan fingerprint density at radius 2 is 1.81 bits per heavy atom. The van der Waals surface area contributed by atoms with Crippen molar-refractivity contribution >= 4 is 6.03 Å². The lowest BCUT2D eigenvalue weighted by molar-refractivity contribution is 0.199. The Bertz CT molecular complexity index is 189. The van der Waals surface area contributed by atoms with Crippen LogP contribution in [0.2, 0.25) is 0 Å². The van der Waals surface area contributed by atoms with Crippen LogP contribution in [0, 0.1) is 0 Å². The summed E-state index contributed by atoms with van der Waals surface area (Å²) in [7, 11) is 0. The van der Waals surface area contributed by atoms with Gasteiger partial charge in [-0.15, -0.1) is 0 Å². The fourth-order valence-electron chi connectivity index (χ4n) is 1.97. The number of likely N-dealkylation sites (tertiary alicyclic amines) is 1. The van der Waals surface area contributed by atoms with Crippen molar-refractivity contribution in [1.82, 2.24) is 15.5 Å². The van der Waals surface area contributed by atoms with E-state index in [1.165, 1.54) is 12.8 Å². The average Bonchev–Trinajstić information content (AvgIpc) is 2.57. The summed E-state index contributed by atoms with van der Waals surface area (Å²) in [6.45, 7) is 6.72. The molecule has 1 fully saturated rings. The summed E-state index contributed by atoms with van der Waals surface area (Å²) in [4.78, 5) is 13.7. The Labute approximate surface area is 98.8 Å². The Balaban J connectivity index is 2.08. The molecule has 0 aromatic carbocycles. The summed E-state index contributed by atoms with van der Waals surface area (Å²) < 4.78 is 0. The average molecular weight is 227 g/mol. The molecule has 0 aliphatic carbocycles. The van der Waals surface area contributed by atoms with E-state index in [2.05, 4.69) is 17.6 Å². The largest absolute Gasteiger partial charge is 0.338 e. The van der Waals surface area contributed by atoms with E-state index in [9.17, 15) is 4.79 Å². The highest BCUT2D eigenvalue weighted by atomic mass is 16.2. The lowest BCUT2D eigenvalue weighted by Gasteiger charge is -2.20. The molecule has 94 valence electrons. The van der Waals surface area contributed by atoms with E-state index >= 15 is 0 Å². The number of hydrogen-bond donors (Lipinski definition) is 2. The molecule has 1 saturated heterocycles. The zero-order valence-electron chi connectivity index (χ0n) is 10.4. The van der Waals surface area contributed by atoms with Crippen LogP contribution in [0.15, 0.2) is 0 Å². The van der Waals surface area contributed by atoms with E-state index in [4.69, 9.17) is 0 Å². The van der Waals surface area contributed by atoms with Gasteiger partial charge in [-0.3, -0.25) is 0 Å². The summed E-state index contributed by atoms with van der Waals surface area (Å²) in [5.74, 6) is 0. The Morgan fingerprint density at radius 3 is 2.44 bits per heavy atom. The topological polar surface area (TPSA) is 44.4 Å². The first-order valence-electron chi connectivity index (χ1n) is 6.58. The second-order valence-electron chi connectivity index (χ2n) is 4.34. The molecule has 0 unspecified atom stereocenters. The summed E-state index contributed by atoms with van der Waals surface area (Å²) >= 11 is 0. The Kier molecular flexibility index (Phi) is 6.97. The maximum absolute atomic E-state index is 11.8. The number of carbonyl (C=O) groups excluding carboxylic acids is 1. The molecule has 0 atom stereocenters. The summed E-state index contributed by atoms with van der Waals surface area (Å²) in [5.41, 5.74) is 0. The minimum Gasteiger partial charge on any atom is -0.338 e. The van der Waals surface area contributed by atoms with Crippen LogP contribution in [0.5, 0.6) is 0 Å². The van der Waals surface area contributed by atoms with Gasteiger partial charge in [0.2, 0.25) is 0 Å². The number of urea groups is 1. The van der Waals surface area contributed by atoms with E-state index in [-0.39, 0.29) is 6.03 Å². The quantitative estimate of drug-likeness (QED) is 0.700. The fourth-order valence-corrected chi connectivity index (χ4v) is 1.97. The number of hydrogen-bond acceptors (Lipinski definition) is 2. The maximum atomic E-state index is 11.8. The third-order valence-corrected chi connectivity index (χ3v) is 2.95. The molecule has 0 spiro atoms. The third-order valence-electron chi connectivity index (χ3n) is 2.95. The maximum Gasteiger partial charge on any atom is 0.317 e. The van der Waals surface area contributed by atoms with Crippen molar-refractivity contribution in [3.63, 3.8) is 0 Å². The highest BCUT2D eigenvalue weighted by Gasteiger charge is 2.14. The highest BCUT2D eigenvalue weighted by molar-refractivity contribution is 5.74. The molecule has 16 heavy (non-hydrogen) atoms. The van der Waals surface area contributed by atoms with Crippen molar-refractivity contribution in [2.75, 3.05) is 32.7 Å². The van der Waals surface area contributed by atoms with Crippen LogP contribution in [-0.2, 0) is 0 Å². The van der Waals surface area contributed by atoms with Gasteiger partial charge in [0, 0.05) is 19.6 Å². The first-order valence-corrected chi connectivity index (χ1v) is 6.58. The van der Waals surface area contributed by atoms with E-state index in [0.29, 0.717) is 0 Å². The number of nitrogens with one attached hydrogen (secondary N) is 2. The number of carbonyl (C=O) groups is 1. The predicted octanol–water partition coefficient (Wildman–Crippen LogP) is 1.57. The van der Waals surface area contributed by atoms with Crippen LogP contribution < -0.4 is 10.6 Å². The van der Waals surface area contributed by atoms with Crippen LogP contribution in [0.4, 0.5) is 4.79 Å². The van der Waals surface area contributed by atoms with Crippen molar-refractivity contribution in [2.24, 2.45) is 0 Å². The molecule has 0 aromatic heterocycles. The fraction of sp³-hybridized carbons (Fsp3) is 0.917. The first-order chi connectivity index (χ1) is 7.84. The lowest BCUT2D eigenvalue weighted by Crippen LogP contribution is -2.41. The van der Waals surface area contributed by atoms with Gasteiger partial charge in [0.15, 0.2) is 0 Å². The SMILES string of the molecule is CCNCCCNC(=O)N1CCCCCC1. The van der Waals surface area contributed by atoms with E-state index in [1.807, 2.05) is 4.90 Å². The van der Waals surface area contributed by atoms with Gasteiger partial charge in [-0.05, 0) is 32.4 Å². The zero-order valence-corrected chi connectivity index (χ0v) is 10.4. The molecule has 0 saturated carbocycles.